The zero-order valence-electron chi connectivity index (χ0n) is 10.1. The summed E-state index contributed by atoms with van der Waals surface area (Å²) < 4.78 is 5.40. The van der Waals surface area contributed by atoms with Crippen LogP contribution in [0.5, 0.6) is 5.75 Å². The van der Waals surface area contributed by atoms with Gasteiger partial charge in [0.25, 0.3) is 0 Å². The molecule has 2 rings (SSSR count). The minimum Gasteiger partial charge on any atom is -0.507 e. The average Bonchev–Trinajstić information content (AvgIpc) is 2.64. The number of para-hydroxylation sites is 1. The first-order chi connectivity index (χ1) is 8.63. The van der Waals surface area contributed by atoms with Crippen molar-refractivity contribution in [3.05, 3.63) is 46.7 Å². The molecule has 18 heavy (non-hydrogen) atoms. The number of aromatic hydroxyl groups is 1. The molecule has 0 atom stereocenters. The van der Waals surface area contributed by atoms with Gasteiger partial charge in [-0.05, 0) is 26.0 Å². The number of aryl methyl sites for hydroxylation is 1. The Kier molecular flexibility index (Phi) is 3.16. The minimum atomic E-state index is 0.139. The van der Waals surface area contributed by atoms with Crippen molar-refractivity contribution in [3.63, 3.8) is 0 Å². The van der Waals surface area contributed by atoms with Crippen LogP contribution in [-0.4, -0.2) is 11.3 Å². The number of rotatable bonds is 2. The molecule has 1 heterocycles. The van der Waals surface area contributed by atoms with Gasteiger partial charge in [-0.25, -0.2) is 4.99 Å². The van der Waals surface area contributed by atoms with Crippen LogP contribution in [-0.2, 0) is 0 Å². The van der Waals surface area contributed by atoms with E-state index in [0.717, 1.165) is 5.56 Å². The monoisotopic (exact) mass is 240 g/mol. The quantitative estimate of drug-likeness (QED) is 0.819. The summed E-state index contributed by atoms with van der Waals surface area (Å²) in [5.41, 5.74) is 1.80. The van der Waals surface area contributed by atoms with E-state index in [1.54, 1.807) is 31.2 Å². The molecule has 4 nitrogen and oxygen atoms in total. The Bertz CT molecular complexity index is 648. The first-order valence-corrected chi connectivity index (χ1v) is 5.45. The molecule has 0 bridgehead atoms. The lowest BCUT2D eigenvalue weighted by molar-refractivity contribution is 0.474. The van der Waals surface area contributed by atoms with Crippen LogP contribution in [0.4, 0.5) is 5.88 Å². The molecule has 0 radical (unpaired) electrons. The van der Waals surface area contributed by atoms with Crippen molar-refractivity contribution in [1.29, 1.82) is 5.26 Å². The summed E-state index contributed by atoms with van der Waals surface area (Å²) in [6.45, 7) is 3.60. The van der Waals surface area contributed by atoms with Gasteiger partial charge in [-0.2, -0.15) is 5.26 Å². The Morgan fingerprint density at radius 2 is 2.06 bits per heavy atom. The highest BCUT2D eigenvalue weighted by Gasteiger charge is 2.12. The second kappa shape index (κ2) is 4.76. The average molecular weight is 240 g/mol. The molecule has 0 saturated heterocycles. The molecule has 0 amide bonds. The van der Waals surface area contributed by atoms with Crippen molar-refractivity contribution in [2.45, 2.75) is 13.8 Å². The van der Waals surface area contributed by atoms with Crippen molar-refractivity contribution < 1.29 is 9.52 Å². The third-order valence-corrected chi connectivity index (χ3v) is 2.74. The predicted octanol–water partition coefficient (Wildman–Crippen LogP) is 3.22. The summed E-state index contributed by atoms with van der Waals surface area (Å²) in [7, 11) is 0. The Balaban J connectivity index is 2.39. The van der Waals surface area contributed by atoms with E-state index < -0.39 is 0 Å². The maximum Gasteiger partial charge on any atom is 0.237 e. The molecule has 0 aliphatic carbocycles. The van der Waals surface area contributed by atoms with E-state index in [9.17, 15) is 5.11 Å². The first kappa shape index (κ1) is 11.9. The van der Waals surface area contributed by atoms with Crippen molar-refractivity contribution in [3.8, 4) is 11.8 Å². The van der Waals surface area contributed by atoms with Crippen LogP contribution in [0, 0.1) is 25.2 Å². The molecule has 1 aromatic heterocycles. The van der Waals surface area contributed by atoms with E-state index in [1.807, 2.05) is 6.92 Å². The van der Waals surface area contributed by atoms with Crippen LogP contribution in [0.1, 0.15) is 22.5 Å². The van der Waals surface area contributed by atoms with Crippen LogP contribution in [0.15, 0.2) is 33.7 Å². The van der Waals surface area contributed by atoms with Crippen LogP contribution >= 0.6 is 0 Å². The summed E-state index contributed by atoms with van der Waals surface area (Å²) in [6.07, 6.45) is 1.48. The van der Waals surface area contributed by atoms with E-state index in [2.05, 4.69) is 11.1 Å². The molecule has 2 aromatic rings. The summed E-state index contributed by atoms with van der Waals surface area (Å²) in [6, 6.07) is 8.90. The molecule has 90 valence electrons. The van der Waals surface area contributed by atoms with E-state index in [-0.39, 0.29) is 11.6 Å². The van der Waals surface area contributed by atoms with Crippen molar-refractivity contribution in [2.24, 2.45) is 4.99 Å². The van der Waals surface area contributed by atoms with E-state index in [0.29, 0.717) is 16.9 Å². The van der Waals surface area contributed by atoms with Gasteiger partial charge in [-0.15, -0.1) is 0 Å². The molecule has 0 spiro atoms. The normalized spacial score (nSPS) is 10.7. The molecule has 1 aromatic carbocycles. The Hall–Kier alpha value is -2.54. The second-order valence-corrected chi connectivity index (χ2v) is 3.89. The predicted molar refractivity (Wildman–Crippen MR) is 68.3 cm³/mol. The largest absolute Gasteiger partial charge is 0.507 e. The summed E-state index contributed by atoms with van der Waals surface area (Å²) in [5, 5.41) is 18.6. The third kappa shape index (κ3) is 2.11. The Morgan fingerprint density at radius 1 is 1.33 bits per heavy atom. The lowest BCUT2D eigenvalue weighted by atomic mass is 10.2. The molecule has 4 heteroatoms. The molecule has 0 unspecified atom stereocenters. The number of phenols is 1. The van der Waals surface area contributed by atoms with Gasteiger partial charge in [0.1, 0.15) is 23.1 Å². The van der Waals surface area contributed by atoms with Gasteiger partial charge in [-0.1, -0.05) is 12.1 Å². The topological polar surface area (TPSA) is 69.5 Å². The van der Waals surface area contributed by atoms with Gasteiger partial charge in [-0.3, -0.25) is 0 Å². The maximum absolute atomic E-state index is 9.59. The van der Waals surface area contributed by atoms with Crippen LogP contribution in [0.25, 0.3) is 0 Å². The molecular formula is C14H12N2O2. The second-order valence-electron chi connectivity index (χ2n) is 3.89. The molecular weight excluding hydrogens is 228 g/mol. The number of nitrogens with zero attached hydrogens (tertiary/aromatic N) is 2. The van der Waals surface area contributed by atoms with Crippen LogP contribution < -0.4 is 0 Å². The number of phenolic OH excluding ortho intramolecular Hbond substituents is 1. The highest BCUT2D eigenvalue weighted by atomic mass is 16.4. The fraction of sp³-hybridized carbons (Fsp3) is 0.143. The van der Waals surface area contributed by atoms with Gasteiger partial charge in [0.2, 0.25) is 5.88 Å². The number of benzene rings is 1. The van der Waals surface area contributed by atoms with Gasteiger partial charge < -0.3 is 9.52 Å². The maximum atomic E-state index is 9.59. The first-order valence-electron chi connectivity index (χ1n) is 5.45. The van der Waals surface area contributed by atoms with Crippen LogP contribution in [0.2, 0.25) is 0 Å². The number of furan rings is 1. The zero-order chi connectivity index (χ0) is 13.1. The fourth-order valence-corrected chi connectivity index (χ4v) is 1.56. The van der Waals surface area contributed by atoms with E-state index >= 15 is 0 Å². The summed E-state index contributed by atoms with van der Waals surface area (Å²) in [4.78, 5) is 4.12. The molecule has 1 N–H and O–H groups in total. The highest BCUT2D eigenvalue weighted by molar-refractivity contribution is 5.85. The number of aliphatic imine (C=N–C) groups is 1. The zero-order valence-corrected chi connectivity index (χ0v) is 10.1. The lowest BCUT2D eigenvalue weighted by Gasteiger charge is -1.95. The van der Waals surface area contributed by atoms with E-state index in [1.165, 1.54) is 6.21 Å². The van der Waals surface area contributed by atoms with Gasteiger partial charge in [0.15, 0.2) is 0 Å². The molecule has 0 fully saturated rings. The van der Waals surface area contributed by atoms with Crippen molar-refractivity contribution in [1.82, 2.24) is 0 Å². The molecule has 0 saturated carbocycles. The van der Waals surface area contributed by atoms with Gasteiger partial charge >= 0.3 is 0 Å². The highest BCUT2D eigenvalue weighted by Crippen LogP contribution is 2.28. The summed E-state index contributed by atoms with van der Waals surface area (Å²) >= 11 is 0. The van der Waals surface area contributed by atoms with Crippen molar-refractivity contribution >= 4 is 12.1 Å². The third-order valence-electron chi connectivity index (χ3n) is 2.74. The number of hydrogen-bond donors (Lipinski definition) is 1. The Labute approximate surface area is 105 Å². The SMILES string of the molecule is Cc1oc(/N=C/c2ccccc2O)c(C#N)c1C. The van der Waals surface area contributed by atoms with Gasteiger partial charge in [0, 0.05) is 17.3 Å². The number of nitriles is 1. The summed E-state index contributed by atoms with van der Waals surface area (Å²) in [5.74, 6) is 1.09. The standard InChI is InChI=1S/C14H12N2O2/c1-9-10(2)18-14(12(9)7-15)16-8-11-5-3-4-6-13(11)17/h3-6,8,17H,1-2H3/b16-8+. The molecule has 0 aliphatic heterocycles. The smallest absolute Gasteiger partial charge is 0.237 e. The fourth-order valence-electron chi connectivity index (χ4n) is 1.56. The van der Waals surface area contributed by atoms with Crippen LogP contribution in [0.3, 0.4) is 0 Å². The minimum absolute atomic E-state index is 0.139. The van der Waals surface area contributed by atoms with E-state index in [4.69, 9.17) is 9.68 Å². The molecule has 0 aliphatic rings. The number of hydrogen-bond acceptors (Lipinski definition) is 4. The Morgan fingerprint density at radius 3 is 2.72 bits per heavy atom. The lowest BCUT2D eigenvalue weighted by Crippen LogP contribution is -1.81. The van der Waals surface area contributed by atoms with Gasteiger partial charge in [0.05, 0.1) is 0 Å². The van der Waals surface area contributed by atoms with Crippen molar-refractivity contribution in [2.75, 3.05) is 0 Å².